The molecule has 0 bridgehead atoms. The lowest BCUT2D eigenvalue weighted by atomic mass is 10.7. The Bertz CT molecular complexity index is 248. The van der Waals surface area contributed by atoms with Crippen LogP contribution in [0.3, 0.4) is 0 Å². The maximum atomic E-state index is 10.7. The van der Waals surface area contributed by atoms with Crippen LogP contribution in [0.4, 0.5) is 0 Å². The van der Waals surface area contributed by atoms with Crippen LogP contribution in [0.1, 0.15) is 4.88 Å². The molecule has 0 aromatic carbocycles. The monoisotopic (exact) mass is 194 g/mol. The maximum absolute atomic E-state index is 10.7. The molecule has 2 heterocycles. The topological polar surface area (TPSA) is 17.1 Å². The molecule has 0 amide bonds. The Morgan fingerprint density at radius 3 is 3.00 bits per heavy atom. The zero-order chi connectivity index (χ0) is 6.27. The van der Waals surface area contributed by atoms with E-state index in [1.165, 1.54) is 31.8 Å². The van der Waals surface area contributed by atoms with Gasteiger partial charge in [0, 0.05) is 10.6 Å². The van der Waals surface area contributed by atoms with Crippen LogP contribution < -0.4 is 4.06 Å². The molecule has 0 fully saturated rings. The molecule has 48 valence electrons. The molecule has 1 nitrogen and oxygen atoms in total. The SMILES string of the molecule is O=c1sc2c(s1)SSC2. The summed E-state index contributed by atoms with van der Waals surface area (Å²) < 4.78 is 1.47. The van der Waals surface area contributed by atoms with E-state index >= 15 is 0 Å². The number of hydrogen-bond donors (Lipinski definition) is 0. The third-order valence-electron chi connectivity index (χ3n) is 0.935. The second-order valence-electron chi connectivity index (χ2n) is 1.51. The van der Waals surface area contributed by atoms with E-state index in [2.05, 4.69) is 0 Å². The standard InChI is InChI=1S/C4H2OS4/c5-4-7-2-1-6-9-3(2)8-4/h1H2. The first-order chi connectivity index (χ1) is 4.36. The molecule has 0 aliphatic carbocycles. The molecule has 1 aliphatic heterocycles. The number of rotatable bonds is 0. The van der Waals surface area contributed by atoms with Gasteiger partial charge in [0.25, 0.3) is 4.06 Å². The van der Waals surface area contributed by atoms with E-state index in [9.17, 15) is 4.79 Å². The largest absolute Gasteiger partial charge is 0.288 e. The average molecular weight is 194 g/mol. The van der Waals surface area contributed by atoms with E-state index in [0.717, 1.165) is 5.75 Å². The molecule has 2 rings (SSSR count). The van der Waals surface area contributed by atoms with Gasteiger partial charge in [-0.1, -0.05) is 33.5 Å². The van der Waals surface area contributed by atoms with Crippen molar-refractivity contribution in [3.8, 4) is 0 Å². The highest BCUT2D eigenvalue weighted by atomic mass is 33.1. The summed E-state index contributed by atoms with van der Waals surface area (Å²) in [5.41, 5.74) is 0. The highest BCUT2D eigenvalue weighted by molar-refractivity contribution is 8.77. The minimum atomic E-state index is 0.243. The first kappa shape index (κ1) is 6.27. The first-order valence-electron chi connectivity index (χ1n) is 2.28. The van der Waals surface area contributed by atoms with Crippen molar-refractivity contribution in [2.75, 3.05) is 0 Å². The summed E-state index contributed by atoms with van der Waals surface area (Å²) in [6.07, 6.45) is 0. The summed E-state index contributed by atoms with van der Waals surface area (Å²) in [6, 6.07) is 0. The van der Waals surface area contributed by atoms with Crippen LogP contribution in [0.25, 0.3) is 0 Å². The van der Waals surface area contributed by atoms with Gasteiger partial charge in [0.2, 0.25) is 0 Å². The van der Waals surface area contributed by atoms with Crippen LogP contribution in [0.15, 0.2) is 9.00 Å². The van der Waals surface area contributed by atoms with Gasteiger partial charge in [0.15, 0.2) is 0 Å². The summed E-state index contributed by atoms with van der Waals surface area (Å²) in [5.74, 6) is 1.03. The Labute approximate surface area is 67.9 Å². The molecule has 0 atom stereocenters. The normalized spacial score (nSPS) is 16.0. The third-order valence-corrected chi connectivity index (χ3v) is 6.18. The molecule has 0 saturated heterocycles. The molecule has 1 aromatic heterocycles. The fourth-order valence-electron chi connectivity index (χ4n) is 0.584. The second-order valence-corrected chi connectivity index (χ2v) is 6.38. The molecule has 1 aromatic rings. The van der Waals surface area contributed by atoms with Crippen molar-refractivity contribution >= 4 is 44.3 Å². The summed E-state index contributed by atoms with van der Waals surface area (Å²) in [5, 5.41) is 0. The molecule has 0 saturated carbocycles. The van der Waals surface area contributed by atoms with E-state index < -0.39 is 0 Å². The summed E-state index contributed by atoms with van der Waals surface area (Å²) in [7, 11) is 3.55. The Hall–Kier alpha value is 0.550. The van der Waals surface area contributed by atoms with E-state index in [0.29, 0.717) is 0 Å². The highest BCUT2D eigenvalue weighted by Crippen LogP contribution is 2.47. The summed E-state index contributed by atoms with van der Waals surface area (Å²) in [4.78, 5) is 12.0. The zero-order valence-corrected chi connectivity index (χ0v) is 7.51. The lowest BCUT2D eigenvalue weighted by Gasteiger charge is -1.74. The fourth-order valence-corrected chi connectivity index (χ4v) is 6.40. The number of hydrogen-bond acceptors (Lipinski definition) is 5. The van der Waals surface area contributed by atoms with Gasteiger partial charge in [0.05, 0.1) is 4.21 Å². The molecular formula is C4H2OS4. The molecule has 0 N–H and O–H groups in total. The minimum absolute atomic E-state index is 0.243. The summed E-state index contributed by atoms with van der Waals surface area (Å²) >= 11 is 2.78. The van der Waals surface area contributed by atoms with Crippen LogP contribution in [-0.4, -0.2) is 0 Å². The first-order valence-corrected chi connectivity index (χ1v) is 6.24. The lowest BCUT2D eigenvalue weighted by Crippen LogP contribution is -1.75. The van der Waals surface area contributed by atoms with Gasteiger partial charge in [0.1, 0.15) is 0 Å². The van der Waals surface area contributed by atoms with Gasteiger partial charge in [-0.3, -0.25) is 4.79 Å². The molecular weight excluding hydrogens is 192 g/mol. The fraction of sp³-hybridized carbons (Fsp3) is 0.250. The maximum Gasteiger partial charge on any atom is 0.288 e. The van der Waals surface area contributed by atoms with Crippen LogP contribution in [0, 0.1) is 0 Å². The Balaban J connectivity index is 2.64. The van der Waals surface area contributed by atoms with E-state index in [4.69, 9.17) is 0 Å². The predicted octanol–water partition coefficient (Wildman–Crippen LogP) is 2.42. The van der Waals surface area contributed by atoms with Crippen molar-refractivity contribution in [3.05, 3.63) is 13.7 Å². The molecule has 0 unspecified atom stereocenters. The average Bonchev–Trinajstić information content (AvgIpc) is 2.22. The molecule has 5 heteroatoms. The number of fused-ring (bicyclic) bond motifs is 1. The smallest absolute Gasteiger partial charge is 0.265 e. The highest BCUT2D eigenvalue weighted by Gasteiger charge is 2.15. The Morgan fingerprint density at radius 1 is 1.33 bits per heavy atom. The van der Waals surface area contributed by atoms with Crippen LogP contribution in [0.2, 0.25) is 0 Å². The molecule has 9 heavy (non-hydrogen) atoms. The van der Waals surface area contributed by atoms with Gasteiger partial charge >= 0.3 is 0 Å². The second kappa shape index (κ2) is 2.30. The van der Waals surface area contributed by atoms with Crippen molar-refractivity contribution in [1.82, 2.24) is 0 Å². The van der Waals surface area contributed by atoms with Crippen LogP contribution >= 0.6 is 44.3 Å². The van der Waals surface area contributed by atoms with Crippen molar-refractivity contribution in [3.63, 3.8) is 0 Å². The van der Waals surface area contributed by atoms with E-state index in [-0.39, 0.29) is 4.06 Å². The van der Waals surface area contributed by atoms with Gasteiger partial charge in [-0.25, -0.2) is 0 Å². The molecule has 1 aliphatic rings. The van der Waals surface area contributed by atoms with Crippen molar-refractivity contribution < 1.29 is 0 Å². The quantitative estimate of drug-likeness (QED) is 0.590. The lowest BCUT2D eigenvalue weighted by molar-refractivity contribution is 1.49. The third kappa shape index (κ3) is 1.07. The Morgan fingerprint density at radius 2 is 2.22 bits per heavy atom. The zero-order valence-electron chi connectivity index (χ0n) is 4.25. The van der Waals surface area contributed by atoms with Crippen molar-refractivity contribution in [2.45, 2.75) is 9.96 Å². The van der Waals surface area contributed by atoms with E-state index in [1.807, 2.05) is 10.8 Å². The Kier molecular flexibility index (Phi) is 1.60. The van der Waals surface area contributed by atoms with E-state index in [1.54, 1.807) is 10.8 Å². The van der Waals surface area contributed by atoms with Gasteiger partial charge < -0.3 is 0 Å². The van der Waals surface area contributed by atoms with Gasteiger partial charge in [-0.2, -0.15) is 0 Å². The molecule has 0 spiro atoms. The van der Waals surface area contributed by atoms with Gasteiger partial charge in [-0.15, -0.1) is 0 Å². The van der Waals surface area contributed by atoms with Crippen molar-refractivity contribution in [2.24, 2.45) is 0 Å². The molecule has 0 radical (unpaired) electrons. The van der Waals surface area contributed by atoms with Crippen molar-refractivity contribution in [1.29, 1.82) is 0 Å². The minimum Gasteiger partial charge on any atom is -0.265 e. The predicted molar refractivity (Wildman–Crippen MR) is 45.6 cm³/mol. The van der Waals surface area contributed by atoms with Crippen LogP contribution in [-0.2, 0) is 5.75 Å². The van der Waals surface area contributed by atoms with Gasteiger partial charge in [-0.05, 0) is 10.8 Å². The van der Waals surface area contributed by atoms with Crippen LogP contribution in [0.5, 0.6) is 0 Å². The summed E-state index contributed by atoms with van der Waals surface area (Å²) in [6.45, 7) is 0.